The van der Waals surface area contributed by atoms with Gasteiger partial charge in [-0.2, -0.15) is 13.2 Å². The molecule has 1 N–H and O–H groups in total. The van der Waals surface area contributed by atoms with E-state index in [0.717, 1.165) is 25.6 Å². The molecule has 1 unspecified atom stereocenters. The highest BCUT2D eigenvalue weighted by Gasteiger charge is 2.31. The van der Waals surface area contributed by atoms with Gasteiger partial charge in [0.25, 0.3) is 0 Å². The molecule has 1 aliphatic heterocycles. The number of likely N-dealkylation sites (tertiary alicyclic amines) is 1. The van der Waals surface area contributed by atoms with E-state index in [0.29, 0.717) is 18.2 Å². The number of nitrogens with one attached hydrogen (secondary N) is 1. The normalized spacial score (nSPS) is 19.0. The van der Waals surface area contributed by atoms with Crippen LogP contribution in [0.4, 0.5) is 13.2 Å². The SMILES string of the molecule is C[C@@H](NC1CCN(Cc2cccc(C(F)(F)F)c2)C1)c1cccc2ccccc12. The molecule has 29 heavy (non-hydrogen) atoms. The fourth-order valence-electron chi connectivity index (χ4n) is 4.29. The van der Waals surface area contributed by atoms with Crippen LogP contribution < -0.4 is 5.32 Å². The van der Waals surface area contributed by atoms with Crippen LogP contribution >= 0.6 is 0 Å². The molecule has 152 valence electrons. The second-order valence-electron chi connectivity index (χ2n) is 7.88. The van der Waals surface area contributed by atoms with Gasteiger partial charge in [-0.1, -0.05) is 60.7 Å². The average Bonchev–Trinajstić information content (AvgIpc) is 3.13. The number of hydrogen-bond acceptors (Lipinski definition) is 2. The predicted molar refractivity (Wildman–Crippen MR) is 111 cm³/mol. The van der Waals surface area contributed by atoms with E-state index < -0.39 is 11.7 Å². The Kier molecular flexibility index (Phi) is 5.61. The Labute approximate surface area is 169 Å². The fraction of sp³-hybridized carbons (Fsp3) is 0.333. The predicted octanol–water partition coefficient (Wildman–Crippen LogP) is 5.78. The van der Waals surface area contributed by atoms with E-state index in [2.05, 4.69) is 53.5 Å². The molecule has 0 amide bonds. The van der Waals surface area contributed by atoms with Crippen LogP contribution in [0.25, 0.3) is 10.8 Å². The van der Waals surface area contributed by atoms with Gasteiger partial charge in [0.2, 0.25) is 0 Å². The van der Waals surface area contributed by atoms with Gasteiger partial charge < -0.3 is 5.32 Å². The van der Waals surface area contributed by atoms with Gasteiger partial charge >= 0.3 is 6.18 Å². The minimum absolute atomic E-state index is 0.208. The van der Waals surface area contributed by atoms with Crippen molar-refractivity contribution in [2.75, 3.05) is 13.1 Å². The fourth-order valence-corrected chi connectivity index (χ4v) is 4.29. The number of halogens is 3. The van der Waals surface area contributed by atoms with Crippen molar-refractivity contribution < 1.29 is 13.2 Å². The molecule has 0 radical (unpaired) electrons. The zero-order chi connectivity index (χ0) is 20.4. The first kappa shape index (κ1) is 19.9. The van der Waals surface area contributed by atoms with Crippen LogP contribution in [0.15, 0.2) is 66.7 Å². The van der Waals surface area contributed by atoms with Crippen LogP contribution in [0.2, 0.25) is 0 Å². The van der Waals surface area contributed by atoms with Crippen molar-refractivity contribution in [3.63, 3.8) is 0 Å². The summed E-state index contributed by atoms with van der Waals surface area (Å²) in [4.78, 5) is 2.23. The average molecular weight is 398 g/mol. The molecule has 5 heteroatoms. The van der Waals surface area contributed by atoms with Crippen molar-refractivity contribution in [3.8, 4) is 0 Å². The van der Waals surface area contributed by atoms with E-state index in [1.807, 2.05) is 6.07 Å². The molecule has 4 rings (SSSR count). The molecule has 3 aromatic carbocycles. The van der Waals surface area contributed by atoms with Crippen molar-refractivity contribution in [1.29, 1.82) is 0 Å². The van der Waals surface area contributed by atoms with E-state index in [9.17, 15) is 13.2 Å². The molecule has 1 heterocycles. The molecule has 2 nitrogen and oxygen atoms in total. The second kappa shape index (κ2) is 8.17. The number of fused-ring (bicyclic) bond motifs is 1. The quantitative estimate of drug-likeness (QED) is 0.586. The summed E-state index contributed by atoms with van der Waals surface area (Å²) in [5.74, 6) is 0. The third-order valence-electron chi connectivity index (χ3n) is 5.71. The summed E-state index contributed by atoms with van der Waals surface area (Å²) in [5.41, 5.74) is 1.41. The maximum Gasteiger partial charge on any atom is 0.416 e. The van der Waals surface area contributed by atoms with Crippen molar-refractivity contribution in [1.82, 2.24) is 10.2 Å². The van der Waals surface area contributed by atoms with Crippen molar-refractivity contribution in [2.24, 2.45) is 0 Å². The van der Waals surface area contributed by atoms with Gasteiger partial charge in [0.05, 0.1) is 5.56 Å². The number of hydrogen-bond donors (Lipinski definition) is 1. The van der Waals surface area contributed by atoms with Crippen LogP contribution in [0.5, 0.6) is 0 Å². The van der Waals surface area contributed by atoms with Gasteiger partial charge in [0, 0.05) is 31.7 Å². The summed E-state index contributed by atoms with van der Waals surface area (Å²) >= 11 is 0. The Morgan fingerprint density at radius 3 is 2.62 bits per heavy atom. The Morgan fingerprint density at radius 2 is 1.79 bits per heavy atom. The second-order valence-corrected chi connectivity index (χ2v) is 7.88. The van der Waals surface area contributed by atoms with Gasteiger partial charge in [0.1, 0.15) is 0 Å². The van der Waals surface area contributed by atoms with Crippen LogP contribution in [0.3, 0.4) is 0 Å². The molecule has 0 saturated carbocycles. The lowest BCUT2D eigenvalue weighted by Gasteiger charge is -2.22. The lowest BCUT2D eigenvalue weighted by molar-refractivity contribution is -0.137. The summed E-state index contributed by atoms with van der Waals surface area (Å²) in [6.45, 7) is 4.45. The molecule has 3 aromatic rings. The molecule has 1 saturated heterocycles. The van der Waals surface area contributed by atoms with Gasteiger partial charge in [-0.25, -0.2) is 0 Å². The third-order valence-corrected chi connectivity index (χ3v) is 5.71. The molecule has 2 atom stereocenters. The third kappa shape index (κ3) is 4.62. The smallest absolute Gasteiger partial charge is 0.306 e. The first-order chi connectivity index (χ1) is 13.9. The van der Waals surface area contributed by atoms with Gasteiger partial charge in [-0.05, 0) is 41.3 Å². The molecule has 0 bridgehead atoms. The van der Waals surface area contributed by atoms with Crippen LogP contribution in [-0.2, 0) is 12.7 Å². The maximum absolute atomic E-state index is 12.9. The Morgan fingerprint density at radius 1 is 1.03 bits per heavy atom. The molecular formula is C24H25F3N2. The molecule has 1 fully saturated rings. The first-order valence-electron chi connectivity index (χ1n) is 10.0. The van der Waals surface area contributed by atoms with Gasteiger partial charge in [-0.15, -0.1) is 0 Å². The summed E-state index contributed by atoms with van der Waals surface area (Å²) in [5, 5.41) is 6.21. The van der Waals surface area contributed by atoms with E-state index in [1.165, 1.54) is 28.5 Å². The van der Waals surface area contributed by atoms with E-state index in [1.54, 1.807) is 6.07 Å². The van der Waals surface area contributed by atoms with Crippen LogP contribution in [0.1, 0.15) is 36.1 Å². The lowest BCUT2D eigenvalue weighted by atomic mass is 9.99. The van der Waals surface area contributed by atoms with Crippen LogP contribution in [-0.4, -0.2) is 24.0 Å². The Hall–Kier alpha value is -2.37. The van der Waals surface area contributed by atoms with Crippen molar-refractivity contribution in [2.45, 2.75) is 38.1 Å². The molecular weight excluding hydrogens is 373 g/mol. The zero-order valence-corrected chi connectivity index (χ0v) is 16.4. The first-order valence-corrected chi connectivity index (χ1v) is 10.0. The number of benzene rings is 3. The highest BCUT2D eigenvalue weighted by molar-refractivity contribution is 5.86. The van der Waals surface area contributed by atoms with Gasteiger partial charge in [0.15, 0.2) is 0 Å². The van der Waals surface area contributed by atoms with E-state index in [-0.39, 0.29) is 6.04 Å². The minimum Gasteiger partial charge on any atom is -0.306 e. The molecule has 1 aliphatic rings. The molecule has 0 aliphatic carbocycles. The number of nitrogens with zero attached hydrogens (tertiary/aromatic N) is 1. The zero-order valence-electron chi connectivity index (χ0n) is 16.4. The van der Waals surface area contributed by atoms with Crippen LogP contribution in [0, 0.1) is 0 Å². The Bertz CT molecular complexity index is 978. The van der Waals surface area contributed by atoms with E-state index >= 15 is 0 Å². The maximum atomic E-state index is 12.9. The highest BCUT2D eigenvalue weighted by Crippen LogP contribution is 2.30. The lowest BCUT2D eigenvalue weighted by Crippen LogP contribution is -2.34. The largest absolute Gasteiger partial charge is 0.416 e. The summed E-state index contributed by atoms with van der Waals surface area (Å²) < 4.78 is 38.8. The molecule has 0 aromatic heterocycles. The number of rotatable bonds is 5. The van der Waals surface area contributed by atoms with Crippen molar-refractivity contribution in [3.05, 3.63) is 83.4 Å². The molecule has 0 spiro atoms. The topological polar surface area (TPSA) is 15.3 Å². The summed E-state index contributed by atoms with van der Waals surface area (Å²) in [6, 6.07) is 20.9. The monoisotopic (exact) mass is 398 g/mol. The van der Waals surface area contributed by atoms with Crippen molar-refractivity contribution >= 4 is 10.8 Å². The van der Waals surface area contributed by atoms with E-state index in [4.69, 9.17) is 0 Å². The standard InChI is InChI=1S/C24H25F3N2/c1-17(22-11-5-8-19-7-2-3-10-23(19)22)28-21-12-13-29(16-21)15-18-6-4-9-20(14-18)24(25,26)27/h2-11,14,17,21,28H,12-13,15-16H2,1H3/t17-,21?/m1/s1. The summed E-state index contributed by atoms with van der Waals surface area (Å²) in [6.07, 6.45) is -3.30. The highest BCUT2D eigenvalue weighted by atomic mass is 19.4. The van der Waals surface area contributed by atoms with Gasteiger partial charge in [-0.3, -0.25) is 4.90 Å². The summed E-state index contributed by atoms with van der Waals surface area (Å²) in [7, 11) is 0. The minimum atomic E-state index is -4.29. The number of alkyl halides is 3. The Balaban J connectivity index is 1.39.